The summed E-state index contributed by atoms with van der Waals surface area (Å²) in [5.74, 6) is -0.0878. The quantitative estimate of drug-likeness (QED) is 0.844. The molecule has 6 heteroatoms. The maximum Gasteiger partial charge on any atom is 0.230 e. The Hall–Kier alpha value is -2.34. The first-order valence-corrected chi connectivity index (χ1v) is 9.48. The summed E-state index contributed by atoms with van der Waals surface area (Å²) < 4.78 is 25.0. The van der Waals surface area contributed by atoms with E-state index in [1.807, 2.05) is 50.2 Å². The second-order valence-corrected chi connectivity index (χ2v) is 8.00. The van der Waals surface area contributed by atoms with E-state index in [-0.39, 0.29) is 5.91 Å². The number of anilines is 1. The minimum Gasteiger partial charge on any atom is -0.351 e. The van der Waals surface area contributed by atoms with Crippen molar-refractivity contribution in [3.8, 4) is 0 Å². The lowest BCUT2D eigenvalue weighted by Crippen LogP contribution is -2.39. The van der Waals surface area contributed by atoms with Gasteiger partial charge in [0.05, 0.1) is 11.7 Å². The van der Waals surface area contributed by atoms with E-state index >= 15 is 0 Å². The molecule has 2 N–H and O–H groups in total. The summed E-state index contributed by atoms with van der Waals surface area (Å²) in [6.07, 6.45) is 1.10. The first-order valence-electron chi connectivity index (χ1n) is 7.59. The molecule has 0 fully saturated rings. The molecule has 2 rings (SSSR count). The zero-order valence-corrected chi connectivity index (χ0v) is 14.9. The molecule has 0 aromatic heterocycles. The summed E-state index contributed by atoms with van der Waals surface area (Å²) in [4.78, 5) is 12.5. The summed E-state index contributed by atoms with van der Waals surface area (Å²) >= 11 is 0. The van der Waals surface area contributed by atoms with Gasteiger partial charge in [-0.25, -0.2) is 8.42 Å². The van der Waals surface area contributed by atoms with E-state index in [2.05, 4.69) is 10.0 Å². The van der Waals surface area contributed by atoms with Crippen LogP contribution < -0.4 is 10.0 Å². The minimum atomic E-state index is -3.32. The van der Waals surface area contributed by atoms with Gasteiger partial charge >= 0.3 is 0 Å². The molecule has 0 bridgehead atoms. The van der Waals surface area contributed by atoms with E-state index in [1.54, 1.807) is 18.2 Å². The van der Waals surface area contributed by atoms with Crippen LogP contribution in [0.5, 0.6) is 0 Å². The Morgan fingerprint density at radius 1 is 1.04 bits per heavy atom. The highest BCUT2D eigenvalue weighted by molar-refractivity contribution is 7.92. The molecule has 2 aromatic carbocycles. The van der Waals surface area contributed by atoms with Crippen molar-refractivity contribution in [1.29, 1.82) is 0 Å². The van der Waals surface area contributed by atoms with E-state index in [0.717, 1.165) is 17.4 Å². The number of sulfonamides is 1. The lowest BCUT2D eigenvalue weighted by Gasteiger charge is -2.24. The fraction of sp³-hybridized carbons (Fsp3) is 0.278. The normalized spacial score (nSPS) is 11.8. The van der Waals surface area contributed by atoms with Crippen molar-refractivity contribution in [2.24, 2.45) is 0 Å². The van der Waals surface area contributed by atoms with Crippen molar-refractivity contribution in [2.45, 2.75) is 25.8 Å². The lowest BCUT2D eigenvalue weighted by atomic mass is 9.84. The molecule has 2 aromatic rings. The number of benzene rings is 2. The molecule has 0 saturated carbocycles. The summed E-state index contributed by atoms with van der Waals surface area (Å²) in [6.45, 7) is 4.08. The van der Waals surface area contributed by atoms with Crippen molar-refractivity contribution in [1.82, 2.24) is 5.32 Å². The van der Waals surface area contributed by atoms with Gasteiger partial charge in [-0.2, -0.15) is 0 Å². The molecule has 0 atom stereocenters. The number of hydrogen-bond donors (Lipinski definition) is 2. The Kier molecular flexibility index (Phi) is 5.29. The number of rotatable bonds is 6. The number of amides is 1. The first kappa shape index (κ1) is 18.0. The van der Waals surface area contributed by atoms with Crippen LogP contribution in [0.15, 0.2) is 54.6 Å². The van der Waals surface area contributed by atoms with E-state index in [9.17, 15) is 13.2 Å². The molecule has 0 saturated heterocycles. The van der Waals surface area contributed by atoms with Crippen LogP contribution in [-0.4, -0.2) is 20.6 Å². The maximum absolute atomic E-state index is 12.5. The maximum atomic E-state index is 12.5. The predicted molar refractivity (Wildman–Crippen MR) is 96.2 cm³/mol. The smallest absolute Gasteiger partial charge is 0.230 e. The van der Waals surface area contributed by atoms with Crippen LogP contribution in [0.1, 0.15) is 25.0 Å². The lowest BCUT2D eigenvalue weighted by molar-refractivity contribution is -0.125. The molecule has 0 heterocycles. The Labute approximate surface area is 143 Å². The van der Waals surface area contributed by atoms with Crippen LogP contribution in [0, 0.1) is 0 Å². The summed E-state index contributed by atoms with van der Waals surface area (Å²) in [6, 6.07) is 16.5. The highest BCUT2D eigenvalue weighted by Crippen LogP contribution is 2.23. The fourth-order valence-electron chi connectivity index (χ4n) is 2.35. The van der Waals surface area contributed by atoms with Gasteiger partial charge in [0.25, 0.3) is 0 Å². The number of hydrogen-bond acceptors (Lipinski definition) is 3. The highest BCUT2D eigenvalue weighted by Gasteiger charge is 2.29. The van der Waals surface area contributed by atoms with Gasteiger partial charge in [-0.1, -0.05) is 42.5 Å². The van der Waals surface area contributed by atoms with E-state index < -0.39 is 15.4 Å². The monoisotopic (exact) mass is 346 g/mol. The average molecular weight is 346 g/mol. The predicted octanol–water partition coefficient (Wildman–Crippen LogP) is 2.65. The molecule has 1 amide bonds. The Balaban J connectivity index is 2.05. The standard InChI is InChI=1S/C18H22N2O3S/c1-18(2,15-9-5-4-6-10-15)17(21)19-13-14-8-7-11-16(12-14)20-24(3,22)23/h4-12,20H,13H2,1-3H3,(H,19,21). The zero-order chi connectivity index (χ0) is 17.8. The Morgan fingerprint density at radius 3 is 2.33 bits per heavy atom. The molecular formula is C18H22N2O3S. The molecule has 0 unspecified atom stereocenters. The summed E-state index contributed by atoms with van der Waals surface area (Å²) in [5.41, 5.74) is 1.59. The molecule has 0 radical (unpaired) electrons. The van der Waals surface area contributed by atoms with Crippen LogP contribution in [0.4, 0.5) is 5.69 Å². The largest absolute Gasteiger partial charge is 0.351 e. The highest BCUT2D eigenvalue weighted by atomic mass is 32.2. The molecule has 5 nitrogen and oxygen atoms in total. The van der Waals surface area contributed by atoms with Gasteiger partial charge in [-0.3, -0.25) is 9.52 Å². The third kappa shape index (κ3) is 4.83. The van der Waals surface area contributed by atoms with Crippen LogP contribution in [0.3, 0.4) is 0 Å². The summed E-state index contributed by atoms with van der Waals surface area (Å²) in [7, 11) is -3.32. The van der Waals surface area contributed by atoms with Gasteiger partial charge in [-0.05, 0) is 37.1 Å². The van der Waals surface area contributed by atoms with Crippen LogP contribution in [-0.2, 0) is 26.8 Å². The van der Waals surface area contributed by atoms with Gasteiger partial charge in [-0.15, -0.1) is 0 Å². The van der Waals surface area contributed by atoms with Gasteiger partial charge in [0, 0.05) is 12.2 Å². The number of carbonyl (C=O) groups excluding carboxylic acids is 1. The zero-order valence-electron chi connectivity index (χ0n) is 14.0. The van der Waals surface area contributed by atoms with Crippen LogP contribution >= 0.6 is 0 Å². The molecule has 0 aliphatic heterocycles. The second-order valence-electron chi connectivity index (χ2n) is 6.25. The topological polar surface area (TPSA) is 75.3 Å². The molecule has 24 heavy (non-hydrogen) atoms. The van der Waals surface area contributed by atoms with Gasteiger partial charge in [0.2, 0.25) is 15.9 Å². The second kappa shape index (κ2) is 7.05. The van der Waals surface area contributed by atoms with Gasteiger partial charge in [0.15, 0.2) is 0 Å². The molecule has 0 spiro atoms. The van der Waals surface area contributed by atoms with Gasteiger partial charge in [0.1, 0.15) is 0 Å². The summed E-state index contributed by atoms with van der Waals surface area (Å²) in [5, 5.41) is 2.91. The van der Waals surface area contributed by atoms with Crippen molar-refractivity contribution < 1.29 is 13.2 Å². The number of nitrogens with one attached hydrogen (secondary N) is 2. The molecule has 0 aliphatic rings. The van der Waals surface area contributed by atoms with Crippen LogP contribution in [0.25, 0.3) is 0 Å². The SMILES string of the molecule is CC(C)(C(=O)NCc1cccc(NS(C)(=O)=O)c1)c1ccccc1. The van der Waals surface area contributed by atoms with Gasteiger partial charge < -0.3 is 5.32 Å². The fourth-order valence-corrected chi connectivity index (χ4v) is 2.90. The van der Waals surface area contributed by atoms with E-state index in [4.69, 9.17) is 0 Å². The third-order valence-electron chi connectivity index (χ3n) is 3.75. The van der Waals surface area contributed by atoms with E-state index in [0.29, 0.717) is 12.2 Å². The molecular weight excluding hydrogens is 324 g/mol. The van der Waals surface area contributed by atoms with Crippen molar-refractivity contribution in [3.63, 3.8) is 0 Å². The third-order valence-corrected chi connectivity index (χ3v) is 4.35. The number of carbonyl (C=O) groups is 1. The Morgan fingerprint density at radius 2 is 1.71 bits per heavy atom. The first-order chi connectivity index (χ1) is 11.2. The average Bonchev–Trinajstić information content (AvgIpc) is 2.52. The van der Waals surface area contributed by atoms with Crippen molar-refractivity contribution in [3.05, 3.63) is 65.7 Å². The molecule has 0 aliphatic carbocycles. The molecule has 128 valence electrons. The Bertz CT molecular complexity index is 815. The van der Waals surface area contributed by atoms with E-state index in [1.165, 1.54) is 0 Å². The van der Waals surface area contributed by atoms with Crippen molar-refractivity contribution >= 4 is 21.6 Å². The minimum absolute atomic E-state index is 0.0878. The van der Waals surface area contributed by atoms with Crippen molar-refractivity contribution in [2.75, 3.05) is 11.0 Å². The van der Waals surface area contributed by atoms with Crippen LogP contribution in [0.2, 0.25) is 0 Å².